The highest BCUT2D eigenvalue weighted by Gasteiger charge is 2.18. The first-order valence-electron chi connectivity index (χ1n) is 6.74. The van der Waals surface area contributed by atoms with E-state index in [2.05, 4.69) is 15.9 Å². The molecule has 6 nitrogen and oxygen atoms in total. The van der Waals surface area contributed by atoms with Crippen molar-refractivity contribution in [3.8, 4) is 11.5 Å². The maximum atomic E-state index is 12.0. The molecule has 0 atom stereocenters. The minimum Gasteiger partial charge on any atom is -0.493 e. The lowest BCUT2D eigenvalue weighted by Crippen LogP contribution is -2.16. The highest BCUT2D eigenvalue weighted by molar-refractivity contribution is 9.10. The third-order valence-corrected chi connectivity index (χ3v) is 3.61. The number of methoxy groups -OCH3 is 3. The number of halogens is 1. The molecule has 0 spiro atoms. The standard InChI is InChI=1S/C16H19BrO6/c1-10(18)12(16(19)23-6-5-20-2)7-11-8-14(21-3)15(22-4)9-13(11)17/h7-9H,5-6H2,1-4H3/b12-7+. The lowest BCUT2D eigenvalue weighted by atomic mass is 10.1. The summed E-state index contributed by atoms with van der Waals surface area (Å²) in [4.78, 5) is 23.8. The Morgan fingerprint density at radius 2 is 1.70 bits per heavy atom. The molecular formula is C16H19BrO6. The summed E-state index contributed by atoms with van der Waals surface area (Å²) in [6.07, 6.45) is 1.45. The number of ketones is 1. The Morgan fingerprint density at radius 1 is 1.09 bits per heavy atom. The van der Waals surface area contributed by atoms with Crippen molar-refractivity contribution in [1.82, 2.24) is 0 Å². The van der Waals surface area contributed by atoms with Crippen molar-refractivity contribution < 1.29 is 28.5 Å². The summed E-state index contributed by atoms with van der Waals surface area (Å²) in [5.74, 6) is -0.0773. The molecule has 1 aromatic carbocycles. The molecule has 0 bridgehead atoms. The van der Waals surface area contributed by atoms with Gasteiger partial charge in [-0.1, -0.05) is 15.9 Å². The number of esters is 1. The Bertz CT molecular complexity index is 609. The maximum Gasteiger partial charge on any atom is 0.341 e. The molecule has 0 saturated heterocycles. The SMILES string of the molecule is COCCOC(=O)/C(=C/c1cc(OC)c(OC)cc1Br)C(C)=O. The summed E-state index contributed by atoms with van der Waals surface area (Å²) < 4.78 is 20.9. The second-order valence-electron chi connectivity index (χ2n) is 4.47. The number of ether oxygens (including phenoxy) is 4. The van der Waals surface area contributed by atoms with E-state index in [1.807, 2.05) is 0 Å². The fourth-order valence-corrected chi connectivity index (χ4v) is 2.17. The molecule has 23 heavy (non-hydrogen) atoms. The fourth-order valence-electron chi connectivity index (χ4n) is 1.74. The quantitative estimate of drug-likeness (QED) is 0.225. The number of hydrogen-bond donors (Lipinski definition) is 0. The first-order valence-corrected chi connectivity index (χ1v) is 7.54. The summed E-state index contributed by atoms with van der Waals surface area (Å²) in [7, 11) is 4.52. The molecule has 7 heteroatoms. The van der Waals surface area contributed by atoms with E-state index in [0.29, 0.717) is 21.5 Å². The van der Waals surface area contributed by atoms with E-state index >= 15 is 0 Å². The van der Waals surface area contributed by atoms with Crippen LogP contribution < -0.4 is 9.47 Å². The van der Waals surface area contributed by atoms with Gasteiger partial charge in [-0.3, -0.25) is 4.79 Å². The first kappa shape index (κ1) is 19.2. The highest BCUT2D eigenvalue weighted by Crippen LogP contribution is 2.34. The molecule has 0 radical (unpaired) electrons. The van der Waals surface area contributed by atoms with Gasteiger partial charge in [0.05, 0.1) is 20.8 Å². The molecule has 0 aliphatic heterocycles. The molecule has 1 rings (SSSR count). The molecular weight excluding hydrogens is 368 g/mol. The van der Waals surface area contributed by atoms with Crippen LogP contribution in [0.4, 0.5) is 0 Å². The van der Waals surface area contributed by atoms with Gasteiger partial charge in [-0.05, 0) is 30.7 Å². The Morgan fingerprint density at radius 3 is 2.22 bits per heavy atom. The van der Waals surface area contributed by atoms with Crippen LogP contribution in [0.5, 0.6) is 11.5 Å². The van der Waals surface area contributed by atoms with Crippen LogP contribution in [-0.2, 0) is 19.1 Å². The van der Waals surface area contributed by atoms with Crippen LogP contribution in [0.25, 0.3) is 6.08 Å². The third-order valence-electron chi connectivity index (χ3n) is 2.92. The van der Waals surface area contributed by atoms with Gasteiger partial charge in [0.1, 0.15) is 12.2 Å². The van der Waals surface area contributed by atoms with Gasteiger partial charge in [0.25, 0.3) is 0 Å². The summed E-state index contributed by atoms with van der Waals surface area (Å²) >= 11 is 3.38. The van der Waals surface area contributed by atoms with Gasteiger partial charge in [-0.15, -0.1) is 0 Å². The predicted octanol–water partition coefficient (Wildman–Crippen LogP) is 2.63. The summed E-state index contributed by atoms with van der Waals surface area (Å²) in [6, 6.07) is 3.35. The topological polar surface area (TPSA) is 71.1 Å². The largest absolute Gasteiger partial charge is 0.493 e. The van der Waals surface area contributed by atoms with Gasteiger partial charge in [0, 0.05) is 11.6 Å². The minimum absolute atomic E-state index is 0.0611. The monoisotopic (exact) mass is 386 g/mol. The first-order chi connectivity index (χ1) is 10.9. The van der Waals surface area contributed by atoms with E-state index in [1.54, 1.807) is 12.1 Å². The van der Waals surface area contributed by atoms with Gasteiger partial charge in [-0.2, -0.15) is 0 Å². The molecule has 0 unspecified atom stereocenters. The number of Topliss-reactive ketones (excluding diaryl/α,β-unsaturated/α-hetero) is 1. The lowest BCUT2D eigenvalue weighted by molar-refractivity contribution is -0.141. The second kappa shape index (κ2) is 9.32. The van der Waals surface area contributed by atoms with Gasteiger partial charge in [0.2, 0.25) is 0 Å². The van der Waals surface area contributed by atoms with Crippen LogP contribution in [0.1, 0.15) is 12.5 Å². The van der Waals surface area contributed by atoms with Gasteiger partial charge in [-0.25, -0.2) is 4.79 Å². The van der Waals surface area contributed by atoms with Crippen LogP contribution >= 0.6 is 15.9 Å². The Balaban J connectivity index is 3.17. The molecule has 0 amide bonds. The fraction of sp³-hybridized carbons (Fsp3) is 0.375. The lowest BCUT2D eigenvalue weighted by Gasteiger charge is -2.11. The van der Waals surface area contributed by atoms with E-state index in [4.69, 9.17) is 18.9 Å². The van der Waals surface area contributed by atoms with Crippen molar-refractivity contribution in [1.29, 1.82) is 0 Å². The third kappa shape index (κ3) is 5.37. The molecule has 0 aromatic heterocycles. The van der Waals surface area contributed by atoms with E-state index in [9.17, 15) is 9.59 Å². The zero-order valence-electron chi connectivity index (χ0n) is 13.5. The zero-order chi connectivity index (χ0) is 17.4. The van der Waals surface area contributed by atoms with E-state index in [1.165, 1.54) is 34.3 Å². The maximum absolute atomic E-state index is 12.0. The van der Waals surface area contributed by atoms with Crippen molar-refractivity contribution in [2.45, 2.75) is 6.92 Å². The van der Waals surface area contributed by atoms with Crippen molar-refractivity contribution in [2.75, 3.05) is 34.5 Å². The van der Waals surface area contributed by atoms with Crippen LogP contribution in [-0.4, -0.2) is 46.3 Å². The smallest absolute Gasteiger partial charge is 0.341 e. The molecule has 0 N–H and O–H groups in total. The average molecular weight is 387 g/mol. The van der Waals surface area contributed by atoms with Gasteiger partial charge >= 0.3 is 5.97 Å². The van der Waals surface area contributed by atoms with Crippen molar-refractivity contribution in [3.63, 3.8) is 0 Å². The van der Waals surface area contributed by atoms with Crippen molar-refractivity contribution in [3.05, 3.63) is 27.7 Å². The minimum atomic E-state index is -0.698. The van der Waals surface area contributed by atoms with E-state index in [0.717, 1.165) is 0 Å². The molecule has 1 aromatic rings. The number of rotatable bonds is 8. The number of benzene rings is 1. The number of carbonyl (C=O) groups excluding carboxylic acids is 2. The van der Waals surface area contributed by atoms with E-state index in [-0.39, 0.29) is 18.8 Å². The highest BCUT2D eigenvalue weighted by atomic mass is 79.9. The summed E-state index contributed by atoms with van der Waals surface area (Å²) in [6.45, 7) is 1.64. The van der Waals surface area contributed by atoms with Crippen molar-refractivity contribution >= 4 is 33.8 Å². The van der Waals surface area contributed by atoms with Crippen LogP contribution in [0.15, 0.2) is 22.2 Å². The zero-order valence-corrected chi connectivity index (χ0v) is 15.1. The summed E-state index contributed by atoms with van der Waals surface area (Å²) in [5.41, 5.74) is 0.533. The number of hydrogen-bond acceptors (Lipinski definition) is 6. The Hall–Kier alpha value is -1.86. The molecule has 0 fully saturated rings. The van der Waals surface area contributed by atoms with Crippen LogP contribution in [0, 0.1) is 0 Å². The summed E-state index contributed by atoms with van der Waals surface area (Å²) in [5, 5.41) is 0. The van der Waals surface area contributed by atoms with Crippen LogP contribution in [0.2, 0.25) is 0 Å². The van der Waals surface area contributed by atoms with E-state index < -0.39 is 11.8 Å². The second-order valence-corrected chi connectivity index (χ2v) is 5.33. The Labute approximate surface area is 143 Å². The molecule has 126 valence electrons. The predicted molar refractivity (Wildman–Crippen MR) is 88.7 cm³/mol. The van der Waals surface area contributed by atoms with Gasteiger partial charge in [0.15, 0.2) is 17.3 Å². The number of carbonyl (C=O) groups is 2. The van der Waals surface area contributed by atoms with Gasteiger partial charge < -0.3 is 18.9 Å². The molecule has 0 heterocycles. The normalized spacial score (nSPS) is 11.1. The van der Waals surface area contributed by atoms with Crippen molar-refractivity contribution in [2.24, 2.45) is 0 Å². The Kier molecular flexibility index (Phi) is 7.77. The average Bonchev–Trinajstić information content (AvgIpc) is 2.52. The molecule has 0 aliphatic carbocycles. The van der Waals surface area contributed by atoms with Crippen LogP contribution in [0.3, 0.4) is 0 Å². The molecule has 0 aliphatic rings. The molecule has 0 saturated carbocycles.